The van der Waals surface area contributed by atoms with Crippen LogP contribution in [0.15, 0.2) is 18.3 Å². The van der Waals surface area contributed by atoms with E-state index >= 15 is 0 Å². The Labute approximate surface area is 161 Å². The molecule has 1 unspecified atom stereocenters. The van der Waals surface area contributed by atoms with E-state index in [1.54, 1.807) is 46.0 Å². The molecular formula is C19H29BN2O5. The number of hydrogen-bond acceptors (Lipinski definition) is 6. The Hall–Kier alpha value is -1.93. The zero-order valence-electron chi connectivity index (χ0n) is 17.4. The minimum Gasteiger partial charge on any atom is -0.444 e. The van der Waals surface area contributed by atoms with Crippen LogP contribution < -0.4 is 10.8 Å². The molecule has 1 saturated heterocycles. The maximum atomic E-state index is 12.5. The average Bonchev–Trinajstić information content (AvgIpc) is 2.73. The van der Waals surface area contributed by atoms with Crippen LogP contribution in [-0.4, -0.2) is 46.8 Å². The molecule has 148 valence electrons. The third kappa shape index (κ3) is 5.08. The molecule has 1 N–H and O–H groups in total. The van der Waals surface area contributed by atoms with Crippen molar-refractivity contribution in [3.63, 3.8) is 0 Å². The third-order valence-corrected chi connectivity index (χ3v) is 4.69. The first kappa shape index (κ1) is 21.4. The van der Waals surface area contributed by atoms with Gasteiger partial charge in [0, 0.05) is 11.7 Å². The van der Waals surface area contributed by atoms with E-state index in [4.69, 9.17) is 14.0 Å². The Morgan fingerprint density at radius 2 is 1.70 bits per heavy atom. The van der Waals surface area contributed by atoms with Crippen LogP contribution in [0.1, 0.15) is 65.9 Å². The molecule has 1 aromatic heterocycles. The number of nitrogens with zero attached hydrogens (tertiary/aromatic N) is 1. The summed E-state index contributed by atoms with van der Waals surface area (Å²) in [5, 5.41) is 2.53. The van der Waals surface area contributed by atoms with Gasteiger partial charge in [0.05, 0.1) is 17.2 Å². The monoisotopic (exact) mass is 376 g/mol. The number of rotatable bonds is 4. The average molecular weight is 376 g/mol. The van der Waals surface area contributed by atoms with Gasteiger partial charge in [-0.3, -0.25) is 9.78 Å². The number of carbonyl (C=O) groups is 2. The first-order chi connectivity index (χ1) is 12.2. The summed E-state index contributed by atoms with van der Waals surface area (Å²) in [6.45, 7) is 14.8. The number of amides is 1. The van der Waals surface area contributed by atoms with Crippen molar-refractivity contribution in [2.45, 2.75) is 78.2 Å². The van der Waals surface area contributed by atoms with Crippen molar-refractivity contribution in [2.24, 2.45) is 0 Å². The zero-order chi connectivity index (χ0) is 20.6. The summed E-state index contributed by atoms with van der Waals surface area (Å²) in [5.41, 5.74) is -0.539. The molecule has 7 nitrogen and oxygen atoms in total. The number of ketones is 1. The molecule has 1 aromatic rings. The van der Waals surface area contributed by atoms with Gasteiger partial charge in [-0.1, -0.05) is 6.07 Å². The summed E-state index contributed by atoms with van der Waals surface area (Å²) in [4.78, 5) is 28.5. The summed E-state index contributed by atoms with van der Waals surface area (Å²) < 4.78 is 17.1. The van der Waals surface area contributed by atoms with Gasteiger partial charge in [0.15, 0.2) is 0 Å². The van der Waals surface area contributed by atoms with Crippen LogP contribution in [0.5, 0.6) is 0 Å². The fourth-order valence-corrected chi connectivity index (χ4v) is 2.44. The lowest BCUT2D eigenvalue weighted by Gasteiger charge is -2.32. The molecular weight excluding hydrogens is 347 g/mol. The molecule has 1 aliphatic rings. The van der Waals surface area contributed by atoms with Crippen LogP contribution in [0.25, 0.3) is 0 Å². The molecule has 0 bridgehead atoms. The molecule has 0 spiro atoms. The van der Waals surface area contributed by atoms with E-state index in [2.05, 4.69) is 10.3 Å². The number of alkyl carbamates (subject to hydrolysis) is 1. The second-order valence-corrected chi connectivity index (χ2v) is 8.80. The predicted molar refractivity (Wildman–Crippen MR) is 103 cm³/mol. The Morgan fingerprint density at radius 1 is 1.15 bits per heavy atom. The minimum atomic E-state index is -0.755. The highest BCUT2D eigenvalue weighted by atomic mass is 16.7. The summed E-state index contributed by atoms with van der Waals surface area (Å²) in [7, 11) is -0.538. The van der Waals surface area contributed by atoms with Crippen molar-refractivity contribution in [1.82, 2.24) is 10.3 Å². The Bertz CT molecular complexity index is 694. The Balaban J connectivity index is 2.03. The van der Waals surface area contributed by atoms with Gasteiger partial charge in [-0.2, -0.15) is 0 Å². The fraction of sp³-hybridized carbons (Fsp3) is 0.632. The second kappa shape index (κ2) is 7.24. The van der Waals surface area contributed by atoms with E-state index in [-0.39, 0.29) is 11.5 Å². The Kier molecular flexibility index (Phi) is 5.73. The van der Waals surface area contributed by atoms with Crippen LogP contribution in [0, 0.1) is 0 Å². The van der Waals surface area contributed by atoms with Gasteiger partial charge < -0.3 is 19.4 Å². The Morgan fingerprint density at radius 3 is 2.15 bits per heavy atom. The van der Waals surface area contributed by atoms with Crippen molar-refractivity contribution in [2.75, 3.05) is 0 Å². The third-order valence-electron chi connectivity index (χ3n) is 4.69. The zero-order valence-corrected chi connectivity index (χ0v) is 17.4. The maximum Gasteiger partial charge on any atom is 0.496 e. The molecule has 1 aliphatic heterocycles. The smallest absolute Gasteiger partial charge is 0.444 e. The van der Waals surface area contributed by atoms with Crippen molar-refractivity contribution in [3.05, 3.63) is 24.0 Å². The van der Waals surface area contributed by atoms with Gasteiger partial charge in [0.2, 0.25) is 5.78 Å². The van der Waals surface area contributed by atoms with Crippen LogP contribution in [0.3, 0.4) is 0 Å². The summed E-state index contributed by atoms with van der Waals surface area (Å²) in [5.74, 6) is -0.304. The van der Waals surface area contributed by atoms with Crippen molar-refractivity contribution >= 4 is 24.5 Å². The molecule has 1 atom stereocenters. The lowest BCUT2D eigenvalue weighted by atomic mass is 9.80. The van der Waals surface area contributed by atoms with Crippen molar-refractivity contribution < 1.29 is 23.6 Å². The molecule has 0 aliphatic carbocycles. The number of ether oxygens (including phenoxy) is 1. The van der Waals surface area contributed by atoms with Crippen LogP contribution in [0.4, 0.5) is 4.79 Å². The van der Waals surface area contributed by atoms with Crippen molar-refractivity contribution in [3.8, 4) is 0 Å². The van der Waals surface area contributed by atoms with E-state index in [1.807, 2.05) is 27.7 Å². The first-order valence-corrected chi connectivity index (χ1v) is 9.07. The molecule has 8 heteroatoms. The van der Waals surface area contributed by atoms with E-state index < -0.39 is 36.1 Å². The SMILES string of the molecule is CC(NC(=O)OC(C)(C)C)C(=O)c1ccc(B2OC(C)(C)C(C)(C)O2)cn1. The quantitative estimate of drug-likeness (QED) is 0.642. The van der Waals surface area contributed by atoms with E-state index in [9.17, 15) is 9.59 Å². The van der Waals surface area contributed by atoms with Gasteiger partial charge in [0.1, 0.15) is 11.3 Å². The number of pyridine rings is 1. The van der Waals surface area contributed by atoms with Crippen LogP contribution in [0.2, 0.25) is 0 Å². The molecule has 2 rings (SSSR count). The fourth-order valence-electron chi connectivity index (χ4n) is 2.44. The van der Waals surface area contributed by atoms with Gasteiger partial charge in [-0.05, 0) is 61.5 Å². The molecule has 0 saturated carbocycles. The van der Waals surface area contributed by atoms with Gasteiger partial charge in [-0.25, -0.2) is 4.79 Å². The highest BCUT2D eigenvalue weighted by Crippen LogP contribution is 2.36. The molecule has 1 amide bonds. The van der Waals surface area contributed by atoms with Crippen LogP contribution in [-0.2, 0) is 14.0 Å². The lowest BCUT2D eigenvalue weighted by molar-refractivity contribution is 0.00578. The number of carbonyl (C=O) groups excluding carboxylic acids is 2. The normalized spacial score (nSPS) is 19.5. The largest absolute Gasteiger partial charge is 0.496 e. The summed E-state index contributed by atoms with van der Waals surface area (Å²) in [6, 6.07) is 2.61. The van der Waals surface area contributed by atoms with E-state index in [1.165, 1.54) is 0 Å². The number of hydrogen-bond donors (Lipinski definition) is 1. The predicted octanol–water partition coefficient (Wildman–Crippen LogP) is 2.48. The number of Topliss-reactive ketones (excluding diaryl/α,β-unsaturated/α-hetero) is 1. The van der Waals surface area contributed by atoms with Gasteiger partial charge in [0.25, 0.3) is 0 Å². The summed E-state index contributed by atoms with van der Waals surface area (Å²) in [6.07, 6.45) is 0.924. The molecule has 0 radical (unpaired) electrons. The second-order valence-electron chi connectivity index (χ2n) is 8.80. The molecule has 0 aromatic carbocycles. The first-order valence-electron chi connectivity index (χ1n) is 9.07. The van der Waals surface area contributed by atoms with E-state index in [0.717, 1.165) is 5.46 Å². The standard InChI is InChI=1S/C19H29BN2O5/c1-12(22-16(24)25-17(2,3)4)15(23)14-10-9-13(11-21-14)20-26-18(5,6)19(7,8)27-20/h9-12H,1-8H3,(H,22,24). The topological polar surface area (TPSA) is 86.8 Å². The highest BCUT2D eigenvalue weighted by molar-refractivity contribution is 6.62. The highest BCUT2D eigenvalue weighted by Gasteiger charge is 2.51. The van der Waals surface area contributed by atoms with E-state index in [0.29, 0.717) is 0 Å². The molecule has 27 heavy (non-hydrogen) atoms. The number of aromatic nitrogens is 1. The molecule has 2 heterocycles. The van der Waals surface area contributed by atoms with Gasteiger partial charge in [-0.15, -0.1) is 0 Å². The number of nitrogens with one attached hydrogen (secondary N) is 1. The summed E-state index contributed by atoms with van der Waals surface area (Å²) >= 11 is 0. The minimum absolute atomic E-state index is 0.249. The molecule has 1 fully saturated rings. The van der Waals surface area contributed by atoms with Crippen molar-refractivity contribution in [1.29, 1.82) is 0 Å². The lowest BCUT2D eigenvalue weighted by Crippen LogP contribution is -2.42. The van der Waals surface area contributed by atoms with Gasteiger partial charge >= 0.3 is 13.2 Å². The maximum absolute atomic E-state index is 12.5. The van der Waals surface area contributed by atoms with Crippen LogP contribution >= 0.6 is 0 Å².